The van der Waals surface area contributed by atoms with Gasteiger partial charge in [0.2, 0.25) is 0 Å². The van der Waals surface area contributed by atoms with Crippen LogP contribution in [-0.2, 0) is 6.42 Å². The Morgan fingerprint density at radius 2 is 2.42 bits per heavy atom. The van der Waals surface area contributed by atoms with Gasteiger partial charge in [-0.25, -0.2) is 0 Å². The molecule has 1 aliphatic carbocycles. The van der Waals surface area contributed by atoms with E-state index in [-0.39, 0.29) is 11.8 Å². The Balaban J connectivity index is 2.53. The third-order valence-electron chi connectivity index (χ3n) is 2.32. The Kier molecular flexibility index (Phi) is 1.54. The highest BCUT2D eigenvalue weighted by molar-refractivity contribution is 6.02. The molecule has 0 aromatic carbocycles. The average molecular weight is 165 g/mol. The minimum Gasteiger partial charge on any atom is -0.468 e. The zero-order chi connectivity index (χ0) is 8.72. The van der Waals surface area contributed by atoms with Crippen LogP contribution in [-0.4, -0.2) is 11.8 Å². The average Bonchev–Trinajstić information content (AvgIpc) is 2.41. The second-order valence-corrected chi connectivity index (χ2v) is 3.23. The zero-order valence-electron chi connectivity index (χ0n) is 6.96. The van der Waals surface area contributed by atoms with E-state index < -0.39 is 0 Å². The maximum Gasteiger partial charge on any atom is 0.183 e. The summed E-state index contributed by atoms with van der Waals surface area (Å²) in [6.45, 7) is 1.87. The number of aryl methyl sites for hydroxylation is 2. The molecule has 0 saturated carbocycles. The largest absolute Gasteiger partial charge is 0.468 e. The second-order valence-electron chi connectivity index (χ2n) is 3.23. The van der Waals surface area contributed by atoms with Crippen molar-refractivity contribution in [2.45, 2.75) is 25.8 Å². The van der Waals surface area contributed by atoms with Crippen LogP contribution in [0.1, 0.15) is 28.1 Å². The number of ketones is 1. The third kappa shape index (κ3) is 0.898. The zero-order valence-corrected chi connectivity index (χ0v) is 6.96. The van der Waals surface area contributed by atoms with Crippen molar-refractivity contribution in [3.05, 3.63) is 23.2 Å². The van der Waals surface area contributed by atoms with Gasteiger partial charge in [-0.15, -0.1) is 0 Å². The van der Waals surface area contributed by atoms with Crippen molar-refractivity contribution in [1.29, 1.82) is 0 Å². The molecule has 1 unspecified atom stereocenters. The van der Waals surface area contributed by atoms with E-state index in [0.29, 0.717) is 12.0 Å². The lowest BCUT2D eigenvalue weighted by Gasteiger charge is -2.15. The molecule has 1 aromatic rings. The van der Waals surface area contributed by atoms with Gasteiger partial charge in [0.05, 0.1) is 17.9 Å². The molecule has 0 amide bonds. The monoisotopic (exact) mass is 165 g/mol. The van der Waals surface area contributed by atoms with Gasteiger partial charge in [0.25, 0.3) is 0 Å². The van der Waals surface area contributed by atoms with Crippen LogP contribution in [0, 0.1) is 6.92 Å². The van der Waals surface area contributed by atoms with Gasteiger partial charge in [-0.05, 0) is 18.9 Å². The van der Waals surface area contributed by atoms with Gasteiger partial charge in [-0.1, -0.05) is 0 Å². The predicted octanol–water partition coefficient (Wildman–Crippen LogP) is 1.04. The van der Waals surface area contributed by atoms with Crippen LogP contribution >= 0.6 is 0 Å². The first kappa shape index (κ1) is 7.55. The normalized spacial score (nSPS) is 22.5. The van der Waals surface area contributed by atoms with E-state index in [1.54, 1.807) is 6.26 Å². The Bertz CT molecular complexity index is 327. The number of carbonyl (C=O) groups is 1. The number of furan rings is 1. The Hall–Kier alpha value is -1.09. The molecule has 2 rings (SSSR count). The summed E-state index contributed by atoms with van der Waals surface area (Å²) in [5, 5.41) is 0. The second kappa shape index (κ2) is 2.45. The van der Waals surface area contributed by atoms with E-state index in [9.17, 15) is 4.79 Å². The lowest BCUT2D eigenvalue weighted by Crippen LogP contribution is -2.34. The number of fused-ring (bicyclic) bond motifs is 1. The van der Waals surface area contributed by atoms with Gasteiger partial charge in [-0.3, -0.25) is 4.79 Å². The van der Waals surface area contributed by atoms with Crippen LogP contribution in [0.25, 0.3) is 0 Å². The lowest BCUT2D eigenvalue weighted by molar-refractivity contribution is 0.0944. The Morgan fingerprint density at radius 3 is 3.17 bits per heavy atom. The fourth-order valence-corrected chi connectivity index (χ4v) is 1.62. The predicted molar refractivity (Wildman–Crippen MR) is 44.1 cm³/mol. The van der Waals surface area contributed by atoms with Crippen LogP contribution in [0.2, 0.25) is 0 Å². The molecule has 0 radical (unpaired) electrons. The van der Waals surface area contributed by atoms with Crippen LogP contribution in [0.3, 0.4) is 0 Å². The molecule has 12 heavy (non-hydrogen) atoms. The van der Waals surface area contributed by atoms with Gasteiger partial charge in [0.15, 0.2) is 5.78 Å². The molecule has 1 atom stereocenters. The summed E-state index contributed by atoms with van der Waals surface area (Å²) in [7, 11) is 0. The lowest BCUT2D eigenvalue weighted by atomic mass is 9.91. The summed E-state index contributed by atoms with van der Waals surface area (Å²) < 4.78 is 5.23. The first-order valence-corrected chi connectivity index (χ1v) is 4.07. The van der Waals surface area contributed by atoms with Crippen molar-refractivity contribution < 1.29 is 9.21 Å². The van der Waals surface area contributed by atoms with Crippen molar-refractivity contribution in [2.24, 2.45) is 5.73 Å². The minimum absolute atomic E-state index is 0.0301. The number of nitrogens with two attached hydrogens (primary N) is 1. The van der Waals surface area contributed by atoms with E-state index in [4.69, 9.17) is 10.2 Å². The standard InChI is InChI=1S/C9H11NO2/c1-5-4-12-7-3-2-6(10)9(11)8(5)7/h4,6H,2-3,10H2,1H3. The third-order valence-corrected chi connectivity index (χ3v) is 2.32. The molecule has 0 spiro atoms. The van der Waals surface area contributed by atoms with E-state index in [1.807, 2.05) is 6.92 Å². The van der Waals surface area contributed by atoms with E-state index in [2.05, 4.69) is 0 Å². The van der Waals surface area contributed by atoms with Gasteiger partial charge in [0, 0.05) is 6.42 Å². The quantitative estimate of drug-likeness (QED) is 0.625. The smallest absolute Gasteiger partial charge is 0.183 e. The highest BCUT2D eigenvalue weighted by Gasteiger charge is 2.28. The Labute approximate surface area is 70.5 Å². The minimum atomic E-state index is -0.325. The molecule has 1 aromatic heterocycles. The molecule has 1 aliphatic rings. The van der Waals surface area contributed by atoms with Crippen LogP contribution < -0.4 is 5.73 Å². The molecule has 0 bridgehead atoms. The van der Waals surface area contributed by atoms with Crippen molar-refractivity contribution in [3.8, 4) is 0 Å². The number of hydrogen-bond donors (Lipinski definition) is 1. The molecular formula is C9H11NO2. The van der Waals surface area contributed by atoms with Gasteiger partial charge >= 0.3 is 0 Å². The molecule has 1 heterocycles. The molecule has 3 nitrogen and oxygen atoms in total. The number of hydrogen-bond acceptors (Lipinski definition) is 3. The van der Waals surface area contributed by atoms with Crippen LogP contribution in [0.5, 0.6) is 0 Å². The highest BCUT2D eigenvalue weighted by Crippen LogP contribution is 2.24. The SMILES string of the molecule is Cc1coc2c1C(=O)C(N)CC2. The van der Waals surface area contributed by atoms with Crippen LogP contribution in [0.4, 0.5) is 0 Å². The Morgan fingerprint density at radius 1 is 1.67 bits per heavy atom. The molecule has 0 saturated heterocycles. The first-order valence-electron chi connectivity index (χ1n) is 4.07. The van der Waals surface area contributed by atoms with Gasteiger partial charge in [0.1, 0.15) is 5.76 Å². The number of rotatable bonds is 0. The fraction of sp³-hybridized carbons (Fsp3) is 0.444. The van der Waals surface area contributed by atoms with Crippen molar-refractivity contribution in [1.82, 2.24) is 0 Å². The first-order chi connectivity index (χ1) is 5.70. The molecular weight excluding hydrogens is 154 g/mol. The van der Waals surface area contributed by atoms with Crippen molar-refractivity contribution in [2.75, 3.05) is 0 Å². The number of carbonyl (C=O) groups excluding carboxylic acids is 1. The summed E-state index contributed by atoms with van der Waals surface area (Å²) in [5.74, 6) is 0.835. The van der Waals surface area contributed by atoms with Crippen molar-refractivity contribution >= 4 is 5.78 Å². The summed E-state index contributed by atoms with van der Waals surface area (Å²) in [6, 6.07) is -0.325. The maximum atomic E-state index is 11.5. The molecule has 0 aliphatic heterocycles. The van der Waals surface area contributed by atoms with E-state index in [0.717, 1.165) is 17.7 Å². The summed E-state index contributed by atoms with van der Waals surface area (Å²) >= 11 is 0. The van der Waals surface area contributed by atoms with Crippen LogP contribution in [0.15, 0.2) is 10.7 Å². The van der Waals surface area contributed by atoms with Crippen molar-refractivity contribution in [3.63, 3.8) is 0 Å². The fourth-order valence-electron chi connectivity index (χ4n) is 1.62. The highest BCUT2D eigenvalue weighted by atomic mass is 16.3. The number of Topliss-reactive ketones (excluding diaryl/α,β-unsaturated/α-hetero) is 1. The molecule has 3 heteroatoms. The van der Waals surface area contributed by atoms with E-state index >= 15 is 0 Å². The summed E-state index contributed by atoms with van der Waals surface area (Å²) in [6.07, 6.45) is 3.12. The molecule has 64 valence electrons. The summed E-state index contributed by atoms with van der Waals surface area (Å²) in [4.78, 5) is 11.5. The topological polar surface area (TPSA) is 56.2 Å². The van der Waals surface area contributed by atoms with Gasteiger partial charge < -0.3 is 10.2 Å². The van der Waals surface area contributed by atoms with E-state index in [1.165, 1.54) is 0 Å². The molecule has 2 N–H and O–H groups in total. The maximum absolute atomic E-state index is 11.5. The van der Waals surface area contributed by atoms with Gasteiger partial charge in [-0.2, -0.15) is 0 Å². The summed E-state index contributed by atoms with van der Waals surface area (Å²) in [5.41, 5.74) is 7.25. The molecule has 0 fully saturated rings.